The number of ether oxygens (including phenoxy) is 2. The van der Waals surface area contributed by atoms with Crippen LogP contribution in [0.15, 0.2) is 11.8 Å². The number of amides is 1. The van der Waals surface area contributed by atoms with E-state index >= 15 is 0 Å². The number of aliphatic hydroxyl groups is 2. The molecule has 7 N–H and O–H groups in total. The Morgan fingerprint density at radius 1 is 1.60 bits per heavy atom. The third-order valence-corrected chi connectivity index (χ3v) is 3.62. The van der Waals surface area contributed by atoms with Gasteiger partial charge in [0.15, 0.2) is 12.1 Å². The van der Waals surface area contributed by atoms with Crippen molar-refractivity contribution in [3.8, 4) is 0 Å². The Labute approximate surface area is 144 Å². The molecule has 0 unspecified atom stereocenters. The van der Waals surface area contributed by atoms with Gasteiger partial charge < -0.3 is 40.7 Å². The first kappa shape index (κ1) is 20.5. The second-order valence-corrected chi connectivity index (χ2v) is 5.51. The van der Waals surface area contributed by atoms with Gasteiger partial charge in [-0.3, -0.25) is 5.41 Å². The van der Waals surface area contributed by atoms with E-state index in [1.54, 1.807) is 6.92 Å². The van der Waals surface area contributed by atoms with Gasteiger partial charge in [0.2, 0.25) is 5.76 Å². The maximum Gasteiger partial charge on any atom is 0.409 e. The summed E-state index contributed by atoms with van der Waals surface area (Å²) in [6.07, 6.45) is -3.34. The highest BCUT2D eigenvalue weighted by molar-refractivity contribution is 5.85. The van der Waals surface area contributed by atoms with Gasteiger partial charge >= 0.3 is 12.1 Å². The number of nitrogens with two attached hydrogens (primary N) is 1. The summed E-state index contributed by atoms with van der Waals surface area (Å²) in [5, 5.41) is 38.2. The van der Waals surface area contributed by atoms with Gasteiger partial charge in [0.05, 0.1) is 12.6 Å². The van der Waals surface area contributed by atoms with Crippen molar-refractivity contribution in [3.05, 3.63) is 11.8 Å². The molecule has 1 aliphatic rings. The fourth-order valence-electron chi connectivity index (χ4n) is 2.22. The number of carboxylic acids is 1. The van der Waals surface area contributed by atoms with Gasteiger partial charge in [-0.25, -0.2) is 9.59 Å². The van der Waals surface area contributed by atoms with Crippen LogP contribution in [-0.2, 0) is 14.3 Å². The van der Waals surface area contributed by atoms with E-state index in [2.05, 4.69) is 5.32 Å². The highest BCUT2D eigenvalue weighted by atomic mass is 16.6. The molecule has 0 spiro atoms. The Morgan fingerprint density at radius 3 is 2.72 bits per heavy atom. The number of aliphatic carboxylic acids is 1. The second-order valence-electron chi connectivity index (χ2n) is 5.51. The van der Waals surface area contributed by atoms with Gasteiger partial charge in [-0.05, 0) is 13.0 Å². The maximum atomic E-state index is 12.0. The van der Waals surface area contributed by atoms with Crippen LogP contribution in [0, 0.1) is 5.41 Å². The first-order valence-electron chi connectivity index (χ1n) is 7.62. The minimum atomic E-state index is -1.48. The molecule has 0 aromatic rings. The quantitative estimate of drug-likeness (QED) is 0.230. The van der Waals surface area contributed by atoms with E-state index in [4.69, 9.17) is 25.7 Å². The predicted octanol–water partition coefficient (Wildman–Crippen LogP) is -1.59. The van der Waals surface area contributed by atoms with Crippen molar-refractivity contribution in [3.63, 3.8) is 0 Å². The summed E-state index contributed by atoms with van der Waals surface area (Å²) in [7, 11) is 1.48. The molecule has 0 radical (unpaired) electrons. The zero-order chi connectivity index (χ0) is 19.1. The fourth-order valence-corrected chi connectivity index (χ4v) is 2.22. The molecule has 1 rings (SSSR count). The molecule has 4 atom stereocenters. The molecular weight excluding hydrogens is 336 g/mol. The SMILES string of the molecule is CCN(C)C(=O)O[C@H]([C@H](O)CO)[C@H]1C[C@@H](NC(=N)N)C=C(C(=O)O)O1. The van der Waals surface area contributed by atoms with Gasteiger partial charge in [0, 0.05) is 20.0 Å². The maximum absolute atomic E-state index is 12.0. The molecule has 25 heavy (non-hydrogen) atoms. The molecule has 0 bridgehead atoms. The topological polar surface area (TPSA) is 178 Å². The fraction of sp³-hybridized carbons (Fsp3) is 0.643. The van der Waals surface area contributed by atoms with Gasteiger partial charge in [0.1, 0.15) is 12.2 Å². The van der Waals surface area contributed by atoms with Gasteiger partial charge in [-0.15, -0.1) is 0 Å². The number of hydrogen-bond donors (Lipinski definition) is 6. The molecular formula is C14H24N4O7. The number of aliphatic hydroxyl groups excluding tert-OH is 2. The number of nitrogens with one attached hydrogen (secondary N) is 2. The van der Waals surface area contributed by atoms with Crippen molar-refractivity contribution in [2.45, 2.75) is 37.7 Å². The normalized spacial score (nSPS) is 22.0. The average Bonchev–Trinajstić information content (AvgIpc) is 2.56. The zero-order valence-corrected chi connectivity index (χ0v) is 14.0. The summed E-state index contributed by atoms with van der Waals surface area (Å²) in [5.74, 6) is -2.19. The van der Waals surface area contributed by atoms with Crippen LogP contribution < -0.4 is 11.1 Å². The molecule has 1 amide bonds. The molecule has 11 heteroatoms. The van der Waals surface area contributed by atoms with Crippen LogP contribution in [-0.4, -0.2) is 82.8 Å². The Hall–Kier alpha value is -2.53. The molecule has 1 aliphatic heterocycles. The monoisotopic (exact) mass is 360 g/mol. The highest BCUT2D eigenvalue weighted by Crippen LogP contribution is 2.24. The number of carboxylic acid groups (broad SMARTS) is 1. The van der Waals surface area contributed by atoms with Crippen LogP contribution in [0.1, 0.15) is 13.3 Å². The van der Waals surface area contributed by atoms with E-state index in [-0.39, 0.29) is 12.4 Å². The standard InChI is InChI=1S/C14H24N4O7/c1-3-18(2)14(23)25-11(8(20)6-19)9-4-7(17-13(15)16)5-10(24-9)12(21)22/h5,7-9,11,19-20H,3-4,6H2,1-2H3,(H,21,22)(H4,15,16,17)/t7-,8-,9-,11-/m1/s1. The van der Waals surface area contributed by atoms with E-state index < -0.39 is 48.8 Å². The summed E-state index contributed by atoms with van der Waals surface area (Å²) in [6, 6.07) is -0.682. The summed E-state index contributed by atoms with van der Waals surface area (Å²) >= 11 is 0. The molecule has 0 saturated carbocycles. The van der Waals surface area contributed by atoms with Crippen molar-refractivity contribution < 1.29 is 34.4 Å². The van der Waals surface area contributed by atoms with Crippen LogP contribution in [0.5, 0.6) is 0 Å². The third kappa shape index (κ3) is 5.80. The van der Waals surface area contributed by atoms with Gasteiger partial charge in [-0.1, -0.05) is 0 Å². The molecule has 0 saturated heterocycles. The van der Waals surface area contributed by atoms with E-state index in [9.17, 15) is 19.8 Å². The van der Waals surface area contributed by atoms with Gasteiger partial charge in [-0.2, -0.15) is 0 Å². The first-order valence-corrected chi connectivity index (χ1v) is 7.62. The summed E-state index contributed by atoms with van der Waals surface area (Å²) in [4.78, 5) is 24.4. The molecule has 0 aliphatic carbocycles. The molecule has 0 fully saturated rings. The lowest BCUT2D eigenvalue weighted by atomic mass is 9.97. The Kier molecular flexibility index (Phi) is 7.45. The van der Waals surface area contributed by atoms with Crippen LogP contribution in [0.25, 0.3) is 0 Å². The van der Waals surface area contributed by atoms with Crippen LogP contribution in [0.2, 0.25) is 0 Å². The second kappa shape index (κ2) is 9.08. The minimum absolute atomic E-state index is 0.0568. The molecule has 0 aromatic heterocycles. The molecule has 11 nitrogen and oxygen atoms in total. The number of carbonyl (C=O) groups excluding carboxylic acids is 1. The molecule has 142 valence electrons. The lowest BCUT2D eigenvalue weighted by Gasteiger charge is -2.35. The summed E-state index contributed by atoms with van der Waals surface area (Å²) in [5.41, 5.74) is 5.26. The van der Waals surface area contributed by atoms with E-state index in [0.29, 0.717) is 6.54 Å². The average molecular weight is 360 g/mol. The van der Waals surface area contributed by atoms with E-state index in [1.165, 1.54) is 18.0 Å². The van der Waals surface area contributed by atoms with Crippen molar-refractivity contribution >= 4 is 18.0 Å². The van der Waals surface area contributed by atoms with Crippen molar-refractivity contribution in [2.24, 2.45) is 5.73 Å². The zero-order valence-electron chi connectivity index (χ0n) is 14.0. The summed E-state index contributed by atoms with van der Waals surface area (Å²) in [6.45, 7) is 1.35. The predicted molar refractivity (Wildman–Crippen MR) is 85.7 cm³/mol. The number of rotatable bonds is 7. The Bertz CT molecular complexity index is 539. The number of carbonyl (C=O) groups is 2. The Morgan fingerprint density at radius 2 is 2.24 bits per heavy atom. The summed E-state index contributed by atoms with van der Waals surface area (Å²) < 4.78 is 10.5. The highest BCUT2D eigenvalue weighted by Gasteiger charge is 2.39. The number of guanidine groups is 1. The lowest BCUT2D eigenvalue weighted by Crippen LogP contribution is -2.51. The van der Waals surface area contributed by atoms with Crippen molar-refractivity contribution in [1.82, 2.24) is 10.2 Å². The van der Waals surface area contributed by atoms with E-state index in [0.717, 1.165) is 0 Å². The molecule has 0 aromatic carbocycles. The number of nitrogens with zero attached hydrogens (tertiary/aromatic N) is 1. The first-order chi connectivity index (χ1) is 11.7. The Balaban J connectivity index is 3.03. The van der Waals surface area contributed by atoms with Crippen molar-refractivity contribution in [1.29, 1.82) is 5.41 Å². The number of hydrogen-bond acceptors (Lipinski definition) is 7. The van der Waals surface area contributed by atoms with Crippen molar-refractivity contribution in [2.75, 3.05) is 20.2 Å². The van der Waals surface area contributed by atoms with E-state index in [1.807, 2.05) is 0 Å². The molecule has 1 heterocycles. The van der Waals surface area contributed by atoms with Crippen LogP contribution >= 0.6 is 0 Å². The lowest BCUT2D eigenvalue weighted by molar-refractivity contribution is -0.144. The largest absolute Gasteiger partial charge is 0.479 e. The smallest absolute Gasteiger partial charge is 0.409 e. The van der Waals surface area contributed by atoms with Crippen LogP contribution in [0.4, 0.5) is 4.79 Å². The van der Waals surface area contributed by atoms with Gasteiger partial charge in [0.25, 0.3) is 0 Å². The third-order valence-electron chi connectivity index (χ3n) is 3.62. The van der Waals surface area contributed by atoms with Crippen LogP contribution in [0.3, 0.4) is 0 Å². The minimum Gasteiger partial charge on any atom is -0.479 e.